The number of ketones is 1. The van der Waals surface area contributed by atoms with Gasteiger partial charge in [-0.1, -0.05) is 0 Å². The van der Waals surface area contributed by atoms with Crippen molar-refractivity contribution in [3.05, 3.63) is 0 Å². The van der Waals surface area contributed by atoms with Crippen LogP contribution in [0.15, 0.2) is 0 Å². The van der Waals surface area contributed by atoms with E-state index in [1.807, 2.05) is 6.92 Å². The van der Waals surface area contributed by atoms with Crippen LogP contribution in [0, 0.1) is 23.7 Å². The first-order valence-electron chi connectivity index (χ1n) is 13.4. The van der Waals surface area contributed by atoms with Crippen LogP contribution in [0.4, 0.5) is 0 Å². The zero-order valence-corrected chi connectivity index (χ0v) is 21.5. The molecule has 3 fully saturated rings. The molecule has 0 spiro atoms. The second-order valence-corrected chi connectivity index (χ2v) is 10.7. The van der Waals surface area contributed by atoms with E-state index in [-0.39, 0.29) is 72.3 Å². The van der Waals surface area contributed by atoms with Crippen molar-refractivity contribution >= 4 is 23.7 Å². The highest BCUT2D eigenvalue weighted by Gasteiger charge is 2.36. The second-order valence-electron chi connectivity index (χ2n) is 10.7. The van der Waals surface area contributed by atoms with Crippen molar-refractivity contribution in [3.8, 4) is 0 Å². The van der Waals surface area contributed by atoms with Crippen molar-refractivity contribution in [2.45, 2.75) is 109 Å². The van der Waals surface area contributed by atoms with Crippen LogP contribution < -0.4 is 0 Å². The highest BCUT2D eigenvalue weighted by Crippen LogP contribution is 2.34. The number of methoxy groups -OCH3 is 1. The van der Waals surface area contributed by atoms with Gasteiger partial charge in [0, 0.05) is 13.0 Å². The van der Waals surface area contributed by atoms with Crippen LogP contribution in [-0.4, -0.2) is 55.7 Å². The summed E-state index contributed by atoms with van der Waals surface area (Å²) in [6.45, 7) is 3.73. The molecule has 0 N–H and O–H groups in total. The lowest BCUT2D eigenvalue weighted by Gasteiger charge is -2.32. The van der Waals surface area contributed by atoms with Gasteiger partial charge >= 0.3 is 17.9 Å². The Morgan fingerprint density at radius 1 is 0.629 bits per heavy atom. The first-order valence-corrected chi connectivity index (χ1v) is 13.4. The largest absolute Gasteiger partial charge is 0.463 e. The third-order valence-corrected chi connectivity index (χ3v) is 8.08. The fourth-order valence-corrected chi connectivity index (χ4v) is 5.47. The average molecular weight is 495 g/mol. The standard InChI is InChI=1S/C27H42O8/c1-17(32-3)16-33-25(29)20-10-14-24(15-11-20)35-27(31)22-6-4-21(5-7-22)26(30)34-23-12-8-19(9-13-23)18(2)28/h17,19-24H,4-16H2,1-3H3. The van der Waals surface area contributed by atoms with Gasteiger partial charge in [0.25, 0.3) is 0 Å². The first-order chi connectivity index (χ1) is 16.8. The van der Waals surface area contributed by atoms with Crippen LogP contribution in [-0.2, 0) is 38.1 Å². The fraction of sp³-hybridized carbons (Fsp3) is 0.852. The summed E-state index contributed by atoms with van der Waals surface area (Å²) in [7, 11) is 1.58. The van der Waals surface area contributed by atoms with Gasteiger partial charge in [0.2, 0.25) is 0 Å². The van der Waals surface area contributed by atoms with E-state index in [1.54, 1.807) is 14.0 Å². The molecule has 0 aromatic heterocycles. The number of hydrogen-bond acceptors (Lipinski definition) is 8. The minimum absolute atomic E-state index is 0.0865. The van der Waals surface area contributed by atoms with E-state index in [0.29, 0.717) is 51.4 Å². The lowest BCUT2D eigenvalue weighted by Crippen LogP contribution is -2.34. The molecule has 1 unspecified atom stereocenters. The molecule has 3 rings (SSSR count). The predicted molar refractivity (Wildman–Crippen MR) is 127 cm³/mol. The molecule has 198 valence electrons. The monoisotopic (exact) mass is 494 g/mol. The predicted octanol–water partition coefficient (Wildman–Crippen LogP) is 4.16. The van der Waals surface area contributed by atoms with Gasteiger partial charge in [-0.2, -0.15) is 0 Å². The first kappa shape index (κ1) is 27.6. The maximum atomic E-state index is 12.7. The molecule has 0 aliphatic heterocycles. The van der Waals surface area contributed by atoms with Gasteiger partial charge in [-0.05, 0) is 90.9 Å². The third-order valence-electron chi connectivity index (χ3n) is 8.08. The second kappa shape index (κ2) is 13.4. The number of ether oxygens (including phenoxy) is 4. The van der Waals surface area contributed by atoms with E-state index >= 15 is 0 Å². The summed E-state index contributed by atoms with van der Waals surface area (Å²) in [5.41, 5.74) is 0. The summed E-state index contributed by atoms with van der Waals surface area (Å²) >= 11 is 0. The van der Waals surface area contributed by atoms with Crippen molar-refractivity contribution in [2.75, 3.05) is 13.7 Å². The van der Waals surface area contributed by atoms with Crippen molar-refractivity contribution in [2.24, 2.45) is 23.7 Å². The highest BCUT2D eigenvalue weighted by atomic mass is 16.6. The maximum absolute atomic E-state index is 12.7. The minimum Gasteiger partial charge on any atom is -0.463 e. The van der Waals surface area contributed by atoms with Crippen LogP contribution in [0.1, 0.15) is 90.9 Å². The molecule has 0 aromatic carbocycles. The fourth-order valence-electron chi connectivity index (χ4n) is 5.47. The van der Waals surface area contributed by atoms with Crippen molar-refractivity contribution < 1.29 is 38.1 Å². The normalized spacial score (nSPS) is 32.2. The van der Waals surface area contributed by atoms with E-state index < -0.39 is 0 Å². The number of carbonyl (C=O) groups is 4. The smallest absolute Gasteiger partial charge is 0.309 e. The molecule has 0 saturated heterocycles. The molecule has 3 aliphatic carbocycles. The van der Waals surface area contributed by atoms with Gasteiger partial charge in [0.1, 0.15) is 24.6 Å². The van der Waals surface area contributed by atoms with E-state index in [4.69, 9.17) is 18.9 Å². The van der Waals surface area contributed by atoms with Gasteiger partial charge in [0.05, 0.1) is 23.9 Å². The Labute approximate surface area is 208 Å². The van der Waals surface area contributed by atoms with Crippen LogP contribution in [0.25, 0.3) is 0 Å². The Kier molecular flexibility index (Phi) is 10.6. The van der Waals surface area contributed by atoms with Gasteiger partial charge in [-0.25, -0.2) is 0 Å². The Morgan fingerprint density at radius 2 is 1.00 bits per heavy atom. The molecule has 8 heteroatoms. The summed E-state index contributed by atoms with van der Waals surface area (Å²) < 4.78 is 21.9. The van der Waals surface area contributed by atoms with Crippen molar-refractivity contribution in [1.82, 2.24) is 0 Å². The minimum atomic E-state index is -0.198. The molecule has 0 aromatic rings. The molecular weight excluding hydrogens is 452 g/mol. The summed E-state index contributed by atoms with van der Waals surface area (Å²) in [6, 6.07) is 0. The summed E-state index contributed by atoms with van der Waals surface area (Å²) in [4.78, 5) is 49.0. The summed E-state index contributed by atoms with van der Waals surface area (Å²) in [5.74, 6) is -0.686. The molecule has 8 nitrogen and oxygen atoms in total. The van der Waals surface area contributed by atoms with E-state index in [2.05, 4.69) is 0 Å². The third kappa shape index (κ3) is 8.29. The van der Waals surface area contributed by atoms with Crippen LogP contribution in [0.5, 0.6) is 0 Å². The molecule has 0 bridgehead atoms. The number of hydrogen-bond donors (Lipinski definition) is 0. The Balaban J connectivity index is 1.31. The Bertz CT molecular complexity index is 725. The van der Waals surface area contributed by atoms with Gasteiger partial charge in [-0.15, -0.1) is 0 Å². The number of carbonyl (C=O) groups excluding carboxylic acids is 4. The van der Waals surface area contributed by atoms with E-state index in [0.717, 1.165) is 25.7 Å². The SMILES string of the molecule is COC(C)COC(=O)C1CCC(OC(=O)C2CCC(C(=O)OC3CCC(C(C)=O)CC3)CC2)CC1. The highest BCUT2D eigenvalue weighted by molar-refractivity contribution is 5.78. The lowest BCUT2D eigenvalue weighted by atomic mass is 9.81. The van der Waals surface area contributed by atoms with Crippen LogP contribution in [0.3, 0.4) is 0 Å². The number of Topliss-reactive ketones (excluding diaryl/α,β-unsaturated/α-hetero) is 1. The zero-order chi connectivity index (χ0) is 25.4. The molecule has 0 amide bonds. The van der Waals surface area contributed by atoms with Crippen LogP contribution >= 0.6 is 0 Å². The Morgan fingerprint density at radius 3 is 1.40 bits per heavy atom. The van der Waals surface area contributed by atoms with Gasteiger partial charge in [-0.3, -0.25) is 19.2 Å². The molecule has 1 atom stereocenters. The number of rotatable bonds is 9. The molecular formula is C27H42O8. The maximum Gasteiger partial charge on any atom is 0.309 e. The Hall–Kier alpha value is -1.96. The average Bonchev–Trinajstić information content (AvgIpc) is 2.87. The summed E-state index contributed by atoms with van der Waals surface area (Å²) in [5, 5.41) is 0. The molecule has 3 saturated carbocycles. The summed E-state index contributed by atoms with van der Waals surface area (Å²) in [6.07, 6.45) is 7.92. The molecule has 35 heavy (non-hydrogen) atoms. The lowest BCUT2D eigenvalue weighted by molar-refractivity contribution is -0.164. The van der Waals surface area contributed by atoms with Crippen LogP contribution in [0.2, 0.25) is 0 Å². The topological polar surface area (TPSA) is 105 Å². The molecule has 3 aliphatic rings. The molecule has 0 heterocycles. The number of esters is 3. The van der Waals surface area contributed by atoms with Gasteiger partial charge < -0.3 is 18.9 Å². The van der Waals surface area contributed by atoms with E-state index in [9.17, 15) is 19.2 Å². The zero-order valence-electron chi connectivity index (χ0n) is 21.5. The van der Waals surface area contributed by atoms with E-state index in [1.165, 1.54) is 0 Å². The van der Waals surface area contributed by atoms with Crippen molar-refractivity contribution in [1.29, 1.82) is 0 Å². The van der Waals surface area contributed by atoms with Gasteiger partial charge in [0.15, 0.2) is 0 Å². The van der Waals surface area contributed by atoms with Crippen molar-refractivity contribution in [3.63, 3.8) is 0 Å². The molecule has 0 radical (unpaired) electrons. The quantitative estimate of drug-likeness (QED) is 0.347.